The maximum atomic E-state index is 11.0. The number of rotatable bonds is 4. The third-order valence-corrected chi connectivity index (χ3v) is 2.72. The fourth-order valence-corrected chi connectivity index (χ4v) is 1.96. The molecule has 2 rings (SSSR count). The van der Waals surface area contributed by atoms with Crippen molar-refractivity contribution < 1.29 is 4.92 Å². The highest BCUT2D eigenvalue weighted by Gasteiger charge is 2.13. The summed E-state index contributed by atoms with van der Waals surface area (Å²) < 4.78 is 0. The van der Waals surface area contributed by atoms with Crippen LogP contribution in [0, 0.1) is 16.0 Å². The molecule has 18 heavy (non-hydrogen) atoms. The first kappa shape index (κ1) is 12.4. The van der Waals surface area contributed by atoms with Gasteiger partial charge in [-0.05, 0) is 23.4 Å². The molecule has 0 aliphatic carbocycles. The van der Waals surface area contributed by atoms with Crippen molar-refractivity contribution in [2.45, 2.75) is 20.3 Å². The van der Waals surface area contributed by atoms with E-state index in [0.717, 1.165) is 16.6 Å². The van der Waals surface area contributed by atoms with E-state index in [1.54, 1.807) is 6.08 Å². The lowest BCUT2D eigenvalue weighted by Gasteiger charge is -2.01. The van der Waals surface area contributed by atoms with Gasteiger partial charge < -0.3 is 4.98 Å². The van der Waals surface area contributed by atoms with Crippen molar-refractivity contribution in [3.63, 3.8) is 0 Å². The van der Waals surface area contributed by atoms with Gasteiger partial charge in [0.15, 0.2) is 0 Å². The van der Waals surface area contributed by atoms with E-state index in [1.165, 1.54) is 0 Å². The monoisotopic (exact) mass is 244 g/mol. The van der Waals surface area contributed by atoms with Crippen LogP contribution in [0.1, 0.15) is 26.0 Å². The van der Waals surface area contributed by atoms with Crippen molar-refractivity contribution in [1.29, 1.82) is 0 Å². The molecule has 0 saturated heterocycles. The SMILES string of the molecule is CC(C)CC(=Cc1cc2ccccc2[nH]1)[N+](=O)[O-]. The van der Waals surface area contributed by atoms with Crippen LogP contribution in [0.5, 0.6) is 0 Å². The molecule has 1 N–H and O–H groups in total. The summed E-state index contributed by atoms with van der Waals surface area (Å²) in [7, 11) is 0. The van der Waals surface area contributed by atoms with E-state index in [4.69, 9.17) is 0 Å². The summed E-state index contributed by atoms with van der Waals surface area (Å²) in [6, 6.07) is 9.76. The molecule has 0 aliphatic heterocycles. The molecule has 0 radical (unpaired) electrons. The van der Waals surface area contributed by atoms with Crippen LogP contribution in [0.3, 0.4) is 0 Å². The molecule has 0 saturated carbocycles. The van der Waals surface area contributed by atoms with Crippen LogP contribution in [-0.2, 0) is 0 Å². The van der Waals surface area contributed by atoms with Gasteiger partial charge in [0, 0.05) is 23.7 Å². The van der Waals surface area contributed by atoms with Gasteiger partial charge in [0.05, 0.1) is 4.92 Å². The minimum absolute atomic E-state index is 0.247. The molecule has 4 heteroatoms. The van der Waals surface area contributed by atoms with E-state index in [9.17, 15) is 10.1 Å². The number of aromatic amines is 1. The number of fused-ring (bicyclic) bond motifs is 1. The molecule has 0 atom stereocenters. The predicted molar refractivity (Wildman–Crippen MR) is 72.7 cm³/mol. The Hall–Kier alpha value is -2.10. The predicted octanol–water partition coefficient (Wildman–Crippen LogP) is 3.83. The van der Waals surface area contributed by atoms with Crippen molar-refractivity contribution in [3.8, 4) is 0 Å². The van der Waals surface area contributed by atoms with E-state index in [-0.39, 0.29) is 16.5 Å². The molecular weight excluding hydrogens is 228 g/mol. The lowest BCUT2D eigenvalue weighted by Crippen LogP contribution is -2.02. The Morgan fingerprint density at radius 3 is 2.78 bits per heavy atom. The molecule has 0 fully saturated rings. The van der Waals surface area contributed by atoms with Crippen molar-refractivity contribution >= 4 is 17.0 Å². The Kier molecular flexibility index (Phi) is 3.46. The summed E-state index contributed by atoms with van der Waals surface area (Å²) in [4.78, 5) is 13.9. The maximum absolute atomic E-state index is 11.0. The third-order valence-electron chi connectivity index (χ3n) is 2.72. The average Bonchev–Trinajstić information content (AvgIpc) is 2.69. The highest BCUT2D eigenvalue weighted by Crippen LogP contribution is 2.19. The second-order valence-corrected chi connectivity index (χ2v) is 4.80. The number of aromatic nitrogens is 1. The van der Waals surface area contributed by atoms with E-state index >= 15 is 0 Å². The van der Waals surface area contributed by atoms with Crippen molar-refractivity contribution in [1.82, 2.24) is 4.98 Å². The minimum atomic E-state index is -0.300. The summed E-state index contributed by atoms with van der Waals surface area (Å²) in [5.41, 5.74) is 2.02. The highest BCUT2D eigenvalue weighted by molar-refractivity contribution is 5.82. The van der Waals surface area contributed by atoms with Crippen molar-refractivity contribution in [2.24, 2.45) is 5.92 Å². The van der Waals surface area contributed by atoms with E-state index in [1.807, 2.05) is 44.2 Å². The topological polar surface area (TPSA) is 58.9 Å². The molecule has 2 aromatic rings. The van der Waals surface area contributed by atoms with E-state index < -0.39 is 0 Å². The van der Waals surface area contributed by atoms with Crippen LogP contribution in [0.4, 0.5) is 0 Å². The Balaban J connectivity index is 2.36. The molecule has 0 unspecified atom stereocenters. The molecule has 1 heterocycles. The number of H-pyrrole nitrogens is 1. The number of benzene rings is 1. The smallest absolute Gasteiger partial charge is 0.248 e. The maximum Gasteiger partial charge on any atom is 0.248 e. The van der Waals surface area contributed by atoms with Crippen LogP contribution >= 0.6 is 0 Å². The zero-order valence-electron chi connectivity index (χ0n) is 10.5. The Bertz CT molecular complexity index is 564. The summed E-state index contributed by atoms with van der Waals surface area (Å²) >= 11 is 0. The quantitative estimate of drug-likeness (QED) is 0.656. The number of nitro groups is 1. The van der Waals surface area contributed by atoms with Gasteiger partial charge in [-0.1, -0.05) is 32.0 Å². The fraction of sp³-hybridized carbons (Fsp3) is 0.286. The summed E-state index contributed by atoms with van der Waals surface area (Å²) in [5, 5.41) is 12.0. The summed E-state index contributed by atoms with van der Waals surface area (Å²) in [6.07, 6.45) is 2.10. The molecule has 4 nitrogen and oxygen atoms in total. The van der Waals surface area contributed by atoms with E-state index in [2.05, 4.69) is 4.98 Å². The highest BCUT2D eigenvalue weighted by atomic mass is 16.6. The second kappa shape index (κ2) is 5.04. The molecule has 1 aromatic heterocycles. The first-order valence-electron chi connectivity index (χ1n) is 5.99. The number of hydrogen-bond donors (Lipinski definition) is 1. The van der Waals surface area contributed by atoms with Gasteiger partial charge in [0.25, 0.3) is 0 Å². The molecule has 0 amide bonds. The van der Waals surface area contributed by atoms with Crippen LogP contribution < -0.4 is 0 Å². The van der Waals surface area contributed by atoms with Gasteiger partial charge in [-0.3, -0.25) is 10.1 Å². The number of hydrogen-bond acceptors (Lipinski definition) is 2. The van der Waals surface area contributed by atoms with Gasteiger partial charge in [-0.25, -0.2) is 0 Å². The number of nitrogens with one attached hydrogen (secondary N) is 1. The number of allylic oxidation sites excluding steroid dienone is 1. The van der Waals surface area contributed by atoms with Crippen LogP contribution in [0.2, 0.25) is 0 Å². The molecule has 1 aromatic carbocycles. The van der Waals surface area contributed by atoms with Gasteiger partial charge in [0.2, 0.25) is 5.70 Å². The Morgan fingerprint density at radius 1 is 1.44 bits per heavy atom. The zero-order chi connectivity index (χ0) is 13.1. The van der Waals surface area contributed by atoms with Crippen LogP contribution in [0.15, 0.2) is 36.0 Å². The lowest BCUT2D eigenvalue weighted by atomic mass is 10.1. The third kappa shape index (κ3) is 2.77. The standard InChI is InChI=1S/C14H16N2O2/c1-10(2)7-13(16(17)18)9-12-8-11-5-3-4-6-14(11)15-12/h3-6,8-10,15H,7H2,1-2H3. The van der Waals surface area contributed by atoms with Crippen molar-refractivity contribution in [2.75, 3.05) is 0 Å². The Labute approximate surface area is 105 Å². The molecule has 0 spiro atoms. The van der Waals surface area contributed by atoms with Crippen molar-refractivity contribution in [3.05, 3.63) is 51.8 Å². The van der Waals surface area contributed by atoms with Gasteiger partial charge >= 0.3 is 0 Å². The number of nitrogens with zero attached hydrogens (tertiary/aromatic N) is 1. The van der Waals surface area contributed by atoms with Gasteiger partial charge in [0.1, 0.15) is 0 Å². The van der Waals surface area contributed by atoms with Gasteiger partial charge in [-0.15, -0.1) is 0 Å². The second-order valence-electron chi connectivity index (χ2n) is 4.80. The Morgan fingerprint density at radius 2 is 2.17 bits per heavy atom. The van der Waals surface area contributed by atoms with E-state index in [0.29, 0.717) is 6.42 Å². The number of para-hydroxylation sites is 1. The normalized spacial score (nSPS) is 12.3. The first-order chi connectivity index (χ1) is 8.56. The molecule has 94 valence electrons. The summed E-state index contributed by atoms with van der Waals surface area (Å²) in [5.74, 6) is 0.269. The van der Waals surface area contributed by atoms with Gasteiger partial charge in [-0.2, -0.15) is 0 Å². The molecular formula is C14H16N2O2. The molecule has 0 bridgehead atoms. The average molecular weight is 244 g/mol. The minimum Gasteiger partial charge on any atom is -0.355 e. The molecule has 0 aliphatic rings. The zero-order valence-corrected chi connectivity index (χ0v) is 10.5. The van der Waals surface area contributed by atoms with Crippen LogP contribution in [0.25, 0.3) is 17.0 Å². The first-order valence-corrected chi connectivity index (χ1v) is 5.99. The lowest BCUT2D eigenvalue weighted by molar-refractivity contribution is -0.427. The fourth-order valence-electron chi connectivity index (χ4n) is 1.96. The largest absolute Gasteiger partial charge is 0.355 e. The summed E-state index contributed by atoms with van der Waals surface area (Å²) in [6.45, 7) is 3.95. The van der Waals surface area contributed by atoms with Crippen LogP contribution in [-0.4, -0.2) is 9.91 Å².